The number of carbonyl (C=O) groups excluding carboxylic acids is 2. The highest BCUT2D eigenvalue weighted by molar-refractivity contribution is 5.91. The largest absolute Gasteiger partial charge is 0.454 e. The number of fused-ring (bicyclic) bond motifs is 2. The average molecular weight is 330 g/mol. The van der Waals surface area contributed by atoms with E-state index in [2.05, 4.69) is 13.5 Å². The summed E-state index contributed by atoms with van der Waals surface area (Å²) in [5, 5.41) is 0. The van der Waals surface area contributed by atoms with Crippen molar-refractivity contribution in [2.75, 3.05) is 0 Å². The number of hydrogen-bond acceptors (Lipinski definition) is 4. The Morgan fingerprint density at radius 2 is 1.88 bits per heavy atom. The fraction of sp³-hybridized carbons (Fsp3) is 0.600. The van der Waals surface area contributed by atoms with Crippen LogP contribution in [0.5, 0.6) is 0 Å². The van der Waals surface area contributed by atoms with Gasteiger partial charge in [0.25, 0.3) is 0 Å². The molecule has 0 saturated carbocycles. The standard InChI is InChI=1S/C20H26O4/c1-12-5-4-6-15-11-16(23-20(15)22)9-13(2)10-18-17(8-7-12)14(3)19(21)24-18/h10-12,16-18H,3-9H2,1-2H3/b13-10+/t12?,16-,17?,18+/m0/s1. The van der Waals surface area contributed by atoms with Crippen molar-refractivity contribution >= 4 is 11.9 Å². The van der Waals surface area contributed by atoms with Gasteiger partial charge in [-0.15, -0.1) is 0 Å². The van der Waals surface area contributed by atoms with Crippen LogP contribution in [0.1, 0.15) is 52.4 Å². The molecule has 4 atom stereocenters. The van der Waals surface area contributed by atoms with Crippen molar-refractivity contribution in [3.05, 3.63) is 35.5 Å². The molecule has 2 unspecified atom stereocenters. The monoisotopic (exact) mass is 330 g/mol. The van der Waals surface area contributed by atoms with Crippen LogP contribution in [-0.4, -0.2) is 24.1 Å². The van der Waals surface area contributed by atoms with Crippen molar-refractivity contribution in [1.82, 2.24) is 0 Å². The molecular formula is C20H26O4. The molecule has 2 heterocycles. The second kappa shape index (κ2) is 6.96. The van der Waals surface area contributed by atoms with E-state index in [0.717, 1.165) is 43.3 Å². The Kier molecular flexibility index (Phi) is 4.93. The lowest BCUT2D eigenvalue weighted by Crippen LogP contribution is -2.16. The minimum absolute atomic E-state index is 0.0649. The van der Waals surface area contributed by atoms with Gasteiger partial charge < -0.3 is 9.47 Å². The van der Waals surface area contributed by atoms with Gasteiger partial charge in [0.05, 0.1) is 0 Å². The maximum atomic E-state index is 12.0. The van der Waals surface area contributed by atoms with E-state index in [9.17, 15) is 9.59 Å². The molecular weight excluding hydrogens is 304 g/mol. The Hall–Kier alpha value is -1.84. The first kappa shape index (κ1) is 17.0. The van der Waals surface area contributed by atoms with Crippen LogP contribution in [0.3, 0.4) is 0 Å². The third-order valence-electron chi connectivity index (χ3n) is 5.34. The number of carbonyl (C=O) groups is 2. The van der Waals surface area contributed by atoms with E-state index in [1.807, 2.05) is 19.1 Å². The van der Waals surface area contributed by atoms with Crippen molar-refractivity contribution in [2.24, 2.45) is 11.8 Å². The highest BCUT2D eigenvalue weighted by Gasteiger charge is 2.37. The lowest BCUT2D eigenvalue weighted by Gasteiger charge is -2.18. The Morgan fingerprint density at radius 3 is 2.67 bits per heavy atom. The number of hydrogen-bond donors (Lipinski definition) is 0. The zero-order valence-corrected chi connectivity index (χ0v) is 14.5. The van der Waals surface area contributed by atoms with Gasteiger partial charge in [-0.2, -0.15) is 0 Å². The molecule has 0 N–H and O–H groups in total. The smallest absolute Gasteiger partial charge is 0.334 e. The molecule has 3 aliphatic rings. The van der Waals surface area contributed by atoms with Gasteiger partial charge in [-0.1, -0.05) is 25.5 Å². The van der Waals surface area contributed by atoms with Gasteiger partial charge in [-0.05, 0) is 50.7 Å². The fourth-order valence-electron chi connectivity index (χ4n) is 3.86. The maximum absolute atomic E-state index is 12.0. The first-order chi connectivity index (χ1) is 11.4. The molecule has 0 aromatic rings. The predicted molar refractivity (Wildman–Crippen MR) is 91.1 cm³/mol. The molecule has 24 heavy (non-hydrogen) atoms. The van der Waals surface area contributed by atoms with E-state index in [1.165, 1.54) is 0 Å². The third kappa shape index (κ3) is 3.63. The third-order valence-corrected chi connectivity index (χ3v) is 5.34. The van der Waals surface area contributed by atoms with Crippen LogP contribution in [0.25, 0.3) is 0 Å². The summed E-state index contributed by atoms with van der Waals surface area (Å²) in [6, 6.07) is 0. The Bertz CT molecular complexity index is 613. The Morgan fingerprint density at radius 1 is 1.08 bits per heavy atom. The molecule has 3 rings (SSSR count). The van der Waals surface area contributed by atoms with Gasteiger partial charge in [-0.3, -0.25) is 0 Å². The zero-order valence-electron chi connectivity index (χ0n) is 14.5. The molecule has 0 spiro atoms. The number of ether oxygens (including phenoxy) is 2. The van der Waals surface area contributed by atoms with Gasteiger partial charge >= 0.3 is 11.9 Å². The molecule has 0 aromatic carbocycles. The predicted octanol–water partition coefficient (Wildman–Crippen LogP) is 3.87. The molecule has 2 bridgehead atoms. The van der Waals surface area contributed by atoms with Crippen LogP contribution in [0.4, 0.5) is 0 Å². The number of esters is 2. The summed E-state index contributed by atoms with van der Waals surface area (Å²) in [6.45, 7) is 8.17. The summed E-state index contributed by atoms with van der Waals surface area (Å²) in [5.74, 6) is 0.167. The van der Waals surface area contributed by atoms with Crippen LogP contribution in [0.15, 0.2) is 35.5 Å². The van der Waals surface area contributed by atoms with E-state index in [0.29, 0.717) is 17.9 Å². The van der Waals surface area contributed by atoms with E-state index >= 15 is 0 Å². The summed E-state index contributed by atoms with van der Waals surface area (Å²) in [6.07, 6.45) is 9.02. The molecule has 130 valence electrons. The highest BCUT2D eigenvalue weighted by Crippen LogP contribution is 2.35. The first-order valence-electron chi connectivity index (χ1n) is 8.92. The minimum Gasteiger partial charge on any atom is -0.454 e. The van der Waals surface area contributed by atoms with Gasteiger partial charge in [-0.25, -0.2) is 9.59 Å². The Labute approximate surface area is 143 Å². The normalized spacial score (nSPS) is 36.8. The second-order valence-electron chi connectivity index (χ2n) is 7.43. The summed E-state index contributed by atoms with van der Waals surface area (Å²) in [7, 11) is 0. The van der Waals surface area contributed by atoms with E-state index in [4.69, 9.17) is 9.47 Å². The van der Waals surface area contributed by atoms with E-state index in [1.54, 1.807) is 0 Å². The molecule has 4 heteroatoms. The van der Waals surface area contributed by atoms with Crippen LogP contribution >= 0.6 is 0 Å². The molecule has 1 saturated heterocycles. The van der Waals surface area contributed by atoms with Gasteiger partial charge in [0.15, 0.2) is 0 Å². The SMILES string of the molecule is C=C1C(=O)O[C@@H]2/C=C(\C)C[C@H]3C=C(CCCC(C)CCC12)C(=O)O3. The Balaban J connectivity index is 1.82. The van der Waals surface area contributed by atoms with Crippen LogP contribution in [0.2, 0.25) is 0 Å². The molecule has 4 nitrogen and oxygen atoms in total. The zero-order chi connectivity index (χ0) is 17.3. The van der Waals surface area contributed by atoms with Gasteiger partial charge in [0.1, 0.15) is 12.2 Å². The molecule has 2 aliphatic heterocycles. The molecule has 1 fully saturated rings. The second-order valence-corrected chi connectivity index (χ2v) is 7.43. The summed E-state index contributed by atoms with van der Waals surface area (Å²) >= 11 is 0. The molecule has 0 radical (unpaired) electrons. The summed E-state index contributed by atoms with van der Waals surface area (Å²) in [5.41, 5.74) is 2.49. The number of rotatable bonds is 0. The molecule has 0 amide bonds. The summed E-state index contributed by atoms with van der Waals surface area (Å²) in [4.78, 5) is 23.9. The lowest BCUT2D eigenvalue weighted by molar-refractivity contribution is -0.139. The molecule has 0 aromatic heterocycles. The van der Waals surface area contributed by atoms with E-state index in [-0.39, 0.29) is 30.1 Å². The van der Waals surface area contributed by atoms with Gasteiger partial charge in [0.2, 0.25) is 0 Å². The maximum Gasteiger partial charge on any atom is 0.334 e. The summed E-state index contributed by atoms with van der Waals surface area (Å²) < 4.78 is 11.0. The van der Waals surface area contributed by atoms with Crippen LogP contribution in [0, 0.1) is 11.8 Å². The van der Waals surface area contributed by atoms with Crippen molar-refractivity contribution in [2.45, 2.75) is 64.6 Å². The fourth-order valence-corrected chi connectivity index (χ4v) is 3.86. The topological polar surface area (TPSA) is 52.6 Å². The van der Waals surface area contributed by atoms with Crippen LogP contribution < -0.4 is 0 Å². The first-order valence-corrected chi connectivity index (χ1v) is 8.92. The van der Waals surface area contributed by atoms with Gasteiger partial charge in [0, 0.05) is 23.5 Å². The van der Waals surface area contributed by atoms with Crippen molar-refractivity contribution in [3.63, 3.8) is 0 Å². The lowest BCUT2D eigenvalue weighted by atomic mass is 9.86. The van der Waals surface area contributed by atoms with Crippen molar-refractivity contribution < 1.29 is 19.1 Å². The van der Waals surface area contributed by atoms with Crippen molar-refractivity contribution in [1.29, 1.82) is 0 Å². The van der Waals surface area contributed by atoms with E-state index < -0.39 is 0 Å². The highest BCUT2D eigenvalue weighted by atomic mass is 16.6. The molecule has 1 aliphatic carbocycles. The minimum atomic E-state index is -0.277. The average Bonchev–Trinajstić information content (AvgIpc) is 2.97. The van der Waals surface area contributed by atoms with Crippen molar-refractivity contribution in [3.8, 4) is 0 Å². The van der Waals surface area contributed by atoms with Crippen LogP contribution in [-0.2, 0) is 19.1 Å². The quantitative estimate of drug-likeness (QED) is 0.384.